The summed E-state index contributed by atoms with van der Waals surface area (Å²) in [7, 11) is 0. The monoisotopic (exact) mass is 299 g/mol. The fraction of sp³-hybridized carbons (Fsp3) is 0.375. The van der Waals surface area contributed by atoms with Crippen molar-refractivity contribution in [2.45, 2.75) is 13.3 Å². The van der Waals surface area contributed by atoms with E-state index in [1.807, 2.05) is 18.3 Å². The number of phenols is 1. The number of nitrogens with zero attached hydrogens (tertiary/aromatic N) is 4. The van der Waals surface area contributed by atoms with Crippen LogP contribution in [0.4, 0.5) is 17.5 Å². The van der Waals surface area contributed by atoms with Gasteiger partial charge in [-0.15, -0.1) is 0 Å². The number of hydrogen-bond acceptors (Lipinski definition) is 6. The molecule has 1 aliphatic heterocycles. The van der Waals surface area contributed by atoms with Crippen LogP contribution in [0.2, 0.25) is 0 Å². The molecule has 1 aliphatic rings. The minimum atomic E-state index is 0.303. The first kappa shape index (κ1) is 14.4. The molecule has 0 amide bonds. The van der Waals surface area contributed by atoms with Crippen LogP contribution < -0.4 is 15.5 Å². The number of aromatic nitrogens is 2. The molecule has 2 aromatic rings. The van der Waals surface area contributed by atoms with Gasteiger partial charge in [0.15, 0.2) is 0 Å². The van der Waals surface area contributed by atoms with Crippen LogP contribution in [-0.2, 0) is 6.42 Å². The van der Waals surface area contributed by atoms with Crippen molar-refractivity contribution in [1.82, 2.24) is 9.97 Å². The SMILES string of the molecule is CCc1cnc(N)nc1N1CCN(c2cccc(O)c2)CC1. The standard InChI is InChI=1S/C16H21N5O/c1-2-12-11-18-16(17)19-15(12)21-8-6-20(7-9-21)13-4-3-5-14(22)10-13/h3-5,10-11,22H,2,6-9H2,1H3,(H2,17,18,19). The third-order valence-corrected chi connectivity index (χ3v) is 4.02. The molecule has 3 N–H and O–H groups in total. The maximum atomic E-state index is 9.60. The van der Waals surface area contributed by atoms with E-state index in [-0.39, 0.29) is 0 Å². The van der Waals surface area contributed by atoms with Crippen LogP contribution in [0.5, 0.6) is 5.75 Å². The number of anilines is 3. The van der Waals surface area contributed by atoms with Crippen LogP contribution in [0.15, 0.2) is 30.5 Å². The molecule has 2 heterocycles. The number of nitrogen functional groups attached to an aromatic ring is 1. The molecule has 0 aliphatic carbocycles. The van der Waals surface area contributed by atoms with Gasteiger partial charge in [0.2, 0.25) is 5.95 Å². The van der Waals surface area contributed by atoms with Crippen LogP contribution in [0, 0.1) is 0 Å². The van der Waals surface area contributed by atoms with Gasteiger partial charge in [-0.1, -0.05) is 13.0 Å². The van der Waals surface area contributed by atoms with Crippen LogP contribution in [-0.4, -0.2) is 41.3 Å². The predicted octanol–water partition coefficient (Wildman–Crippen LogP) is 1.65. The molecule has 0 radical (unpaired) electrons. The van der Waals surface area contributed by atoms with E-state index in [9.17, 15) is 5.11 Å². The molecule has 116 valence electrons. The van der Waals surface area contributed by atoms with E-state index >= 15 is 0 Å². The van der Waals surface area contributed by atoms with E-state index in [4.69, 9.17) is 5.73 Å². The van der Waals surface area contributed by atoms with Gasteiger partial charge >= 0.3 is 0 Å². The zero-order valence-electron chi connectivity index (χ0n) is 12.7. The third kappa shape index (κ3) is 2.90. The second-order valence-corrected chi connectivity index (χ2v) is 5.42. The molecule has 0 unspecified atom stereocenters. The smallest absolute Gasteiger partial charge is 0.221 e. The van der Waals surface area contributed by atoms with E-state index in [1.54, 1.807) is 12.1 Å². The van der Waals surface area contributed by atoms with E-state index in [0.717, 1.165) is 49.7 Å². The Morgan fingerprint density at radius 2 is 1.91 bits per heavy atom. The van der Waals surface area contributed by atoms with Gasteiger partial charge in [-0.3, -0.25) is 0 Å². The third-order valence-electron chi connectivity index (χ3n) is 4.02. The van der Waals surface area contributed by atoms with Crippen LogP contribution >= 0.6 is 0 Å². The van der Waals surface area contributed by atoms with Gasteiger partial charge in [0, 0.05) is 49.7 Å². The Balaban J connectivity index is 1.73. The summed E-state index contributed by atoms with van der Waals surface area (Å²) in [5.41, 5.74) is 7.92. The number of aromatic hydroxyl groups is 1. The Kier molecular flexibility index (Phi) is 4.00. The average molecular weight is 299 g/mol. The van der Waals surface area contributed by atoms with Gasteiger partial charge in [0.1, 0.15) is 11.6 Å². The summed E-state index contributed by atoms with van der Waals surface area (Å²) in [4.78, 5) is 13.0. The Labute approximate surface area is 130 Å². The first-order valence-corrected chi connectivity index (χ1v) is 7.57. The van der Waals surface area contributed by atoms with Gasteiger partial charge in [-0.2, -0.15) is 4.98 Å². The Morgan fingerprint density at radius 1 is 1.18 bits per heavy atom. The molecule has 6 nitrogen and oxygen atoms in total. The predicted molar refractivity (Wildman–Crippen MR) is 88.4 cm³/mol. The Bertz CT molecular complexity index is 653. The quantitative estimate of drug-likeness (QED) is 0.897. The first-order valence-electron chi connectivity index (χ1n) is 7.57. The van der Waals surface area contributed by atoms with E-state index < -0.39 is 0 Å². The molecule has 1 aromatic carbocycles. The highest BCUT2D eigenvalue weighted by Crippen LogP contribution is 2.24. The number of nitrogens with two attached hydrogens (primary N) is 1. The Morgan fingerprint density at radius 3 is 2.59 bits per heavy atom. The van der Waals surface area contributed by atoms with Crippen molar-refractivity contribution >= 4 is 17.5 Å². The van der Waals surface area contributed by atoms with Crippen molar-refractivity contribution in [3.05, 3.63) is 36.0 Å². The summed E-state index contributed by atoms with van der Waals surface area (Å²) < 4.78 is 0. The lowest BCUT2D eigenvalue weighted by Crippen LogP contribution is -2.47. The summed E-state index contributed by atoms with van der Waals surface area (Å²) in [6.45, 7) is 5.62. The first-order chi connectivity index (χ1) is 10.7. The van der Waals surface area contributed by atoms with Crippen molar-refractivity contribution < 1.29 is 5.11 Å². The molecule has 1 aromatic heterocycles. The van der Waals surface area contributed by atoms with Crippen LogP contribution in [0.25, 0.3) is 0 Å². The van der Waals surface area contributed by atoms with Crippen molar-refractivity contribution in [3.8, 4) is 5.75 Å². The minimum Gasteiger partial charge on any atom is -0.508 e. The summed E-state index contributed by atoms with van der Waals surface area (Å²) in [5, 5.41) is 9.60. The van der Waals surface area contributed by atoms with Crippen LogP contribution in [0.1, 0.15) is 12.5 Å². The van der Waals surface area contributed by atoms with Crippen molar-refractivity contribution in [2.75, 3.05) is 41.7 Å². The maximum absolute atomic E-state index is 9.60. The molecule has 1 saturated heterocycles. The van der Waals surface area contributed by atoms with E-state index in [2.05, 4.69) is 26.7 Å². The summed E-state index contributed by atoms with van der Waals surface area (Å²) >= 11 is 0. The number of piperazine rings is 1. The number of rotatable bonds is 3. The fourth-order valence-electron chi connectivity index (χ4n) is 2.80. The highest BCUT2D eigenvalue weighted by atomic mass is 16.3. The molecule has 0 spiro atoms. The van der Waals surface area contributed by atoms with Gasteiger partial charge in [-0.05, 0) is 18.6 Å². The maximum Gasteiger partial charge on any atom is 0.221 e. The van der Waals surface area contributed by atoms with E-state index in [1.165, 1.54) is 0 Å². The van der Waals surface area contributed by atoms with Gasteiger partial charge in [0.05, 0.1) is 0 Å². The molecule has 0 saturated carbocycles. The van der Waals surface area contributed by atoms with E-state index in [0.29, 0.717) is 11.7 Å². The van der Waals surface area contributed by atoms with Crippen molar-refractivity contribution in [3.63, 3.8) is 0 Å². The number of phenolic OH excluding ortho intramolecular Hbond substituents is 1. The molecule has 3 rings (SSSR count). The van der Waals surface area contributed by atoms with Crippen LogP contribution in [0.3, 0.4) is 0 Å². The summed E-state index contributed by atoms with van der Waals surface area (Å²) in [6.07, 6.45) is 2.71. The summed E-state index contributed by atoms with van der Waals surface area (Å²) in [5.74, 6) is 1.57. The largest absolute Gasteiger partial charge is 0.508 e. The molecule has 0 bridgehead atoms. The minimum absolute atomic E-state index is 0.303. The molecular formula is C16H21N5O. The lowest BCUT2D eigenvalue weighted by atomic mass is 10.2. The lowest BCUT2D eigenvalue weighted by molar-refractivity contribution is 0.475. The number of hydrogen-bond donors (Lipinski definition) is 2. The average Bonchev–Trinajstić information content (AvgIpc) is 2.55. The molecular weight excluding hydrogens is 278 g/mol. The fourth-order valence-corrected chi connectivity index (χ4v) is 2.80. The second-order valence-electron chi connectivity index (χ2n) is 5.42. The zero-order chi connectivity index (χ0) is 15.5. The van der Waals surface area contributed by atoms with Gasteiger partial charge < -0.3 is 20.6 Å². The lowest BCUT2D eigenvalue weighted by Gasteiger charge is -2.37. The molecule has 6 heteroatoms. The Hall–Kier alpha value is -2.50. The normalized spacial score (nSPS) is 15.1. The topological polar surface area (TPSA) is 78.5 Å². The zero-order valence-corrected chi connectivity index (χ0v) is 12.7. The molecule has 22 heavy (non-hydrogen) atoms. The van der Waals surface area contributed by atoms with Gasteiger partial charge in [-0.25, -0.2) is 4.98 Å². The highest BCUT2D eigenvalue weighted by molar-refractivity contribution is 5.54. The molecule has 0 atom stereocenters. The van der Waals surface area contributed by atoms with Crippen molar-refractivity contribution in [2.24, 2.45) is 0 Å². The molecule has 1 fully saturated rings. The number of benzene rings is 1. The second kappa shape index (κ2) is 6.09. The highest BCUT2D eigenvalue weighted by Gasteiger charge is 2.20. The number of aryl methyl sites for hydroxylation is 1. The van der Waals surface area contributed by atoms with Crippen molar-refractivity contribution in [1.29, 1.82) is 0 Å². The summed E-state index contributed by atoms with van der Waals surface area (Å²) in [6, 6.07) is 7.39. The van der Waals surface area contributed by atoms with Gasteiger partial charge in [0.25, 0.3) is 0 Å².